The number of nitrogens with one attached hydrogen (secondary N) is 1. The van der Waals surface area contributed by atoms with Crippen LogP contribution in [0, 0.1) is 17.5 Å². The summed E-state index contributed by atoms with van der Waals surface area (Å²) in [6.45, 7) is 3.01. The van der Waals surface area contributed by atoms with Gasteiger partial charge in [0.15, 0.2) is 23.2 Å². The second kappa shape index (κ2) is 8.02. The fourth-order valence-corrected chi connectivity index (χ4v) is 2.44. The minimum Gasteiger partial charge on any atom is -0.484 e. The molecule has 0 aliphatic carbocycles. The van der Waals surface area contributed by atoms with Crippen molar-refractivity contribution in [1.29, 1.82) is 0 Å². The van der Waals surface area contributed by atoms with Crippen molar-refractivity contribution in [2.45, 2.75) is 0 Å². The first-order valence-electron chi connectivity index (χ1n) is 7.82. The van der Waals surface area contributed by atoms with Gasteiger partial charge in [-0.3, -0.25) is 0 Å². The lowest BCUT2D eigenvalue weighted by atomic mass is 10.3. The maximum absolute atomic E-state index is 13.5. The van der Waals surface area contributed by atoms with Gasteiger partial charge in [-0.05, 0) is 12.1 Å². The lowest BCUT2D eigenvalue weighted by molar-refractivity contribution is 0.198. The van der Waals surface area contributed by atoms with Crippen molar-refractivity contribution < 1.29 is 22.6 Å². The van der Waals surface area contributed by atoms with Crippen molar-refractivity contribution >= 4 is 5.82 Å². The summed E-state index contributed by atoms with van der Waals surface area (Å²) in [6.07, 6.45) is 3.06. The van der Waals surface area contributed by atoms with E-state index in [1.54, 1.807) is 6.20 Å². The van der Waals surface area contributed by atoms with Gasteiger partial charge >= 0.3 is 0 Å². The summed E-state index contributed by atoms with van der Waals surface area (Å²) < 4.78 is 50.6. The number of aromatic nitrogens is 2. The third-order valence-corrected chi connectivity index (χ3v) is 3.63. The number of nitrogens with zero attached hydrogens (tertiary/aromatic N) is 3. The molecule has 1 fully saturated rings. The standard InChI is InChI=1S/C16H17F3N4O2/c17-11-1-2-12(18)14(13(11)19)24-9-10-25-16-15(21-3-4-22-16)23-7-5-20-6-8-23/h1-4,20H,5-10H2. The predicted octanol–water partition coefficient (Wildman–Crippen LogP) is 1.76. The van der Waals surface area contributed by atoms with Crippen molar-refractivity contribution in [3.8, 4) is 11.6 Å². The van der Waals surface area contributed by atoms with Gasteiger partial charge in [0.2, 0.25) is 5.82 Å². The van der Waals surface area contributed by atoms with Crippen molar-refractivity contribution in [1.82, 2.24) is 15.3 Å². The topological polar surface area (TPSA) is 59.5 Å². The predicted molar refractivity (Wildman–Crippen MR) is 84.4 cm³/mol. The Bertz CT molecular complexity index is 727. The molecular formula is C16H17F3N4O2. The van der Waals surface area contributed by atoms with E-state index in [9.17, 15) is 13.2 Å². The number of benzene rings is 1. The number of rotatable bonds is 6. The Morgan fingerprint density at radius 1 is 0.960 bits per heavy atom. The van der Waals surface area contributed by atoms with E-state index in [2.05, 4.69) is 15.3 Å². The highest BCUT2D eigenvalue weighted by Gasteiger charge is 2.18. The Morgan fingerprint density at radius 3 is 2.44 bits per heavy atom. The zero-order chi connectivity index (χ0) is 17.6. The first kappa shape index (κ1) is 17.3. The Kier molecular flexibility index (Phi) is 5.54. The van der Waals surface area contributed by atoms with Crippen molar-refractivity contribution in [3.63, 3.8) is 0 Å². The molecule has 0 bridgehead atoms. The van der Waals surface area contributed by atoms with Crippen LogP contribution in [0.25, 0.3) is 0 Å². The highest BCUT2D eigenvalue weighted by atomic mass is 19.2. The Labute approximate surface area is 142 Å². The molecule has 2 aromatic rings. The molecule has 1 aliphatic heterocycles. The van der Waals surface area contributed by atoms with Gasteiger partial charge in [0.05, 0.1) is 0 Å². The van der Waals surface area contributed by atoms with E-state index in [-0.39, 0.29) is 13.2 Å². The maximum Gasteiger partial charge on any atom is 0.257 e. The summed E-state index contributed by atoms with van der Waals surface area (Å²) in [7, 11) is 0. The second-order valence-corrected chi connectivity index (χ2v) is 5.29. The molecule has 2 heterocycles. The summed E-state index contributed by atoms with van der Waals surface area (Å²) in [5, 5.41) is 3.24. The Hall–Kier alpha value is -2.55. The van der Waals surface area contributed by atoms with E-state index in [0.29, 0.717) is 17.8 Å². The van der Waals surface area contributed by atoms with Crippen LogP contribution in [-0.2, 0) is 0 Å². The molecule has 0 radical (unpaired) electrons. The molecule has 0 spiro atoms. The van der Waals surface area contributed by atoms with Gasteiger partial charge in [-0.25, -0.2) is 18.7 Å². The average Bonchev–Trinajstić information content (AvgIpc) is 2.65. The zero-order valence-corrected chi connectivity index (χ0v) is 13.3. The van der Waals surface area contributed by atoms with Crippen LogP contribution in [0.15, 0.2) is 24.5 Å². The highest BCUT2D eigenvalue weighted by Crippen LogP contribution is 2.25. The lowest BCUT2D eigenvalue weighted by Crippen LogP contribution is -2.44. The number of piperazine rings is 1. The lowest BCUT2D eigenvalue weighted by Gasteiger charge is -2.28. The maximum atomic E-state index is 13.5. The normalized spacial score (nSPS) is 14.4. The van der Waals surface area contributed by atoms with Gasteiger partial charge in [-0.2, -0.15) is 4.39 Å². The smallest absolute Gasteiger partial charge is 0.257 e. The summed E-state index contributed by atoms with van der Waals surface area (Å²) >= 11 is 0. The van der Waals surface area contributed by atoms with Crippen LogP contribution in [0.4, 0.5) is 19.0 Å². The Balaban J connectivity index is 1.59. The highest BCUT2D eigenvalue weighted by molar-refractivity contribution is 5.48. The summed E-state index contributed by atoms with van der Waals surface area (Å²) in [5.74, 6) is -3.35. The minimum absolute atomic E-state index is 0.0207. The van der Waals surface area contributed by atoms with Crippen LogP contribution in [-0.4, -0.2) is 49.4 Å². The molecule has 1 saturated heterocycles. The van der Waals surface area contributed by atoms with E-state index in [1.165, 1.54) is 6.20 Å². The van der Waals surface area contributed by atoms with Gasteiger partial charge in [0.1, 0.15) is 13.2 Å². The van der Waals surface area contributed by atoms with Crippen LogP contribution in [0.5, 0.6) is 11.6 Å². The summed E-state index contributed by atoms with van der Waals surface area (Å²) in [5.41, 5.74) is 0. The third-order valence-electron chi connectivity index (χ3n) is 3.63. The van der Waals surface area contributed by atoms with Gasteiger partial charge in [-0.1, -0.05) is 0 Å². The molecule has 9 heteroatoms. The van der Waals surface area contributed by atoms with Crippen LogP contribution in [0.1, 0.15) is 0 Å². The monoisotopic (exact) mass is 354 g/mol. The number of hydrogen-bond acceptors (Lipinski definition) is 6. The van der Waals surface area contributed by atoms with Crippen molar-refractivity contribution in [2.24, 2.45) is 0 Å². The molecule has 25 heavy (non-hydrogen) atoms. The van der Waals surface area contributed by atoms with Gasteiger partial charge < -0.3 is 19.7 Å². The van der Waals surface area contributed by atoms with Crippen LogP contribution >= 0.6 is 0 Å². The number of anilines is 1. The molecule has 1 aromatic carbocycles. The van der Waals surface area contributed by atoms with Gasteiger partial charge in [-0.15, -0.1) is 0 Å². The fourth-order valence-electron chi connectivity index (χ4n) is 2.44. The van der Waals surface area contributed by atoms with Crippen molar-refractivity contribution in [3.05, 3.63) is 42.0 Å². The van der Waals surface area contributed by atoms with E-state index < -0.39 is 23.2 Å². The van der Waals surface area contributed by atoms with E-state index in [0.717, 1.165) is 32.2 Å². The number of ether oxygens (including phenoxy) is 2. The van der Waals surface area contributed by atoms with Gasteiger partial charge in [0.25, 0.3) is 5.88 Å². The summed E-state index contributed by atoms with van der Waals surface area (Å²) in [6, 6.07) is 1.51. The first-order chi connectivity index (χ1) is 12.2. The van der Waals surface area contributed by atoms with E-state index in [4.69, 9.17) is 9.47 Å². The van der Waals surface area contributed by atoms with Crippen LogP contribution in [0.3, 0.4) is 0 Å². The number of hydrogen-bond donors (Lipinski definition) is 1. The molecule has 1 N–H and O–H groups in total. The quantitative estimate of drug-likeness (QED) is 0.630. The molecular weight excluding hydrogens is 337 g/mol. The largest absolute Gasteiger partial charge is 0.484 e. The van der Waals surface area contributed by atoms with E-state index in [1.807, 2.05) is 4.90 Å². The minimum atomic E-state index is -1.36. The van der Waals surface area contributed by atoms with Crippen LogP contribution in [0.2, 0.25) is 0 Å². The number of halogens is 3. The van der Waals surface area contributed by atoms with Crippen molar-refractivity contribution in [2.75, 3.05) is 44.3 Å². The average molecular weight is 354 g/mol. The molecule has 6 nitrogen and oxygen atoms in total. The molecule has 0 atom stereocenters. The SMILES string of the molecule is Fc1ccc(F)c(OCCOc2nccnc2N2CCNCC2)c1F. The molecule has 1 aromatic heterocycles. The Morgan fingerprint density at radius 2 is 1.64 bits per heavy atom. The molecule has 0 amide bonds. The second-order valence-electron chi connectivity index (χ2n) is 5.29. The first-order valence-corrected chi connectivity index (χ1v) is 7.82. The third kappa shape index (κ3) is 4.11. The molecule has 134 valence electrons. The molecule has 1 aliphatic rings. The van der Waals surface area contributed by atoms with E-state index >= 15 is 0 Å². The molecule has 3 rings (SSSR count). The molecule has 0 unspecified atom stereocenters. The molecule has 0 saturated carbocycles. The zero-order valence-electron chi connectivity index (χ0n) is 13.3. The van der Waals surface area contributed by atoms with Crippen LogP contribution < -0.4 is 19.7 Å². The van der Waals surface area contributed by atoms with Gasteiger partial charge in [0, 0.05) is 38.6 Å². The summed E-state index contributed by atoms with van der Waals surface area (Å²) in [4.78, 5) is 10.4. The fraction of sp³-hybridized carbons (Fsp3) is 0.375.